The number of hydrogen-bond donors (Lipinski definition) is 1. The number of carbonyl (C=O) groups is 1. The fraction of sp³-hybridized carbons (Fsp3) is 0.143. The van der Waals surface area contributed by atoms with Crippen LogP contribution in [-0.4, -0.2) is 10.9 Å². The number of nitrogens with zero attached hydrogens (tertiary/aromatic N) is 1. The van der Waals surface area contributed by atoms with E-state index in [9.17, 15) is 4.79 Å². The summed E-state index contributed by atoms with van der Waals surface area (Å²) in [6.07, 6.45) is 0. The maximum atomic E-state index is 11.6. The summed E-state index contributed by atoms with van der Waals surface area (Å²) < 4.78 is 0. The minimum absolute atomic E-state index is 0.0234. The number of amides is 1. The highest BCUT2D eigenvalue weighted by Crippen LogP contribution is 2.26. The van der Waals surface area contributed by atoms with E-state index in [0.29, 0.717) is 12.1 Å². The quantitative estimate of drug-likeness (QED) is 0.807. The Labute approximate surface area is 99.5 Å². The molecule has 0 atom stereocenters. The Balaban J connectivity index is 2.19. The Morgan fingerprint density at radius 1 is 1.18 bits per heavy atom. The van der Waals surface area contributed by atoms with Gasteiger partial charge in [0.1, 0.15) is 0 Å². The maximum absolute atomic E-state index is 11.6. The van der Waals surface area contributed by atoms with E-state index in [1.807, 2.05) is 43.3 Å². The van der Waals surface area contributed by atoms with Gasteiger partial charge in [0.2, 0.25) is 0 Å². The Morgan fingerprint density at radius 2 is 1.94 bits per heavy atom. The van der Waals surface area contributed by atoms with Crippen molar-refractivity contribution in [2.75, 3.05) is 0 Å². The summed E-state index contributed by atoms with van der Waals surface area (Å²) in [5.74, 6) is -0.0234. The SMILES string of the molecule is Cc1nc2c(cc1-c1ccccc1)C(=O)NC2. The highest BCUT2D eigenvalue weighted by atomic mass is 16.1. The molecule has 0 unspecified atom stereocenters. The number of aromatic nitrogens is 1. The average Bonchev–Trinajstić information content (AvgIpc) is 2.70. The first-order valence-electron chi connectivity index (χ1n) is 5.60. The van der Waals surface area contributed by atoms with Crippen LogP contribution in [0.4, 0.5) is 0 Å². The number of rotatable bonds is 1. The molecule has 17 heavy (non-hydrogen) atoms. The number of hydrogen-bond acceptors (Lipinski definition) is 2. The van der Waals surface area contributed by atoms with E-state index in [-0.39, 0.29) is 5.91 Å². The van der Waals surface area contributed by atoms with Gasteiger partial charge in [-0.05, 0) is 18.6 Å². The lowest BCUT2D eigenvalue weighted by Crippen LogP contribution is -2.12. The first kappa shape index (κ1) is 10.0. The van der Waals surface area contributed by atoms with Gasteiger partial charge in [-0.3, -0.25) is 9.78 Å². The van der Waals surface area contributed by atoms with Gasteiger partial charge in [0.15, 0.2) is 0 Å². The summed E-state index contributed by atoms with van der Waals surface area (Å²) >= 11 is 0. The molecule has 1 N–H and O–H groups in total. The standard InChI is InChI=1S/C14H12N2O/c1-9-11(10-5-3-2-4-6-10)7-12-13(16-9)8-15-14(12)17/h2-7H,8H2,1H3,(H,15,17). The van der Waals surface area contributed by atoms with Crippen LogP contribution in [-0.2, 0) is 6.54 Å². The summed E-state index contributed by atoms with van der Waals surface area (Å²) in [4.78, 5) is 16.1. The number of fused-ring (bicyclic) bond motifs is 1. The second kappa shape index (κ2) is 3.70. The summed E-state index contributed by atoms with van der Waals surface area (Å²) in [7, 11) is 0. The van der Waals surface area contributed by atoms with Crippen LogP contribution in [0.25, 0.3) is 11.1 Å². The normalized spacial score (nSPS) is 13.4. The van der Waals surface area contributed by atoms with E-state index in [4.69, 9.17) is 0 Å². The van der Waals surface area contributed by atoms with Gasteiger partial charge in [-0.1, -0.05) is 30.3 Å². The molecule has 2 heterocycles. The lowest BCUT2D eigenvalue weighted by molar-refractivity contribution is 0.0966. The van der Waals surface area contributed by atoms with Gasteiger partial charge in [-0.2, -0.15) is 0 Å². The molecule has 0 saturated heterocycles. The molecular weight excluding hydrogens is 212 g/mol. The maximum Gasteiger partial charge on any atom is 0.253 e. The molecule has 0 bridgehead atoms. The monoisotopic (exact) mass is 224 g/mol. The molecule has 1 aromatic heterocycles. The predicted molar refractivity (Wildman–Crippen MR) is 65.6 cm³/mol. The largest absolute Gasteiger partial charge is 0.346 e. The van der Waals surface area contributed by atoms with Crippen molar-refractivity contribution < 1.29 is 4.79 Å². The van der Waals surface area contributed by atoms with Gasteiger partial charge in [0.25, 0.3) is 5.91 Å². The molecule has 1 aliphatic rings. The molecule has 3 heteroatoms. The highest BCUT2D eigenvalue weighted by Gasteiger charge is 2.21. The van der Waals surface area contributed by atoms with Crippen LogP contribution < -0.4 is 5.32 Å². The molecule has 1 aromatic carbocycles. The zero-order valence-corrected chi connectivity index (χ0v) is 9.53. The Hall–Kier alpha value is -2.16. The Bertz CT molecular complexity index is 591. The minimum atomic E-state index is -0.0234. The van der Waals surface area contributed by atoms with E-state index < -0.39 is 0 Å². The van der Waals surface area contributed by atoms with Crippen LogP contribution in [0.3, 0.4) is 0 Å². The summed E-state index contributed by atoms with van der Waals surface area (Å²) in [6.45, 7) is 2.52. The number of carbonyl (C=O) groups excluding carboxylic acids is 1. The van der Waals surface area contributed by atoms with Crippen molar-refractivity contribution in [2.24, 2.45) is 0 Å². The van der Waals surface area contributed by atoms with Gasteiger partial charge in [0.05, 0.1) is 17.8 Å². The zero-order valence-electron chi connectivity index (χ0n) is 9.53. The molecule has 0 saturated carbocycles. The number of nitrogens with one attached hydrogen (secondary N) is 1. The van der Waals surface area contributed by atoms with Crippen LogP contribution in [0.1, 0.15) is 21.7 Å². The Morgan fingerprint density at radius 3 is 2.71 bits per heavy atom. The number of aryl methyl sites for hydroxylation is 1. The third-order valence-corrected chi connectivity index (χ3v) is 3.04. The molecule has 0 fully saturated rings. The lowest BCUT2D eigenvalue weighted by Gasteiger charge is -2.07. The lowest BCUT2D eigenvalue weighted by atomic mass is 10.0. The summed E-state index contributed by atoms with van der Waals surface area (Å²) in [6, 6.07) is 12.0. The van der Waals surface area contributed by atoms with Gasteiger partial charge >= 0.3 is 0 Å². The number of benzene rings is 1. The second-order valence-electron chi connectivity index (χ2n) is 4.16. The third kappa shape index (κ3) is 1.60. The van der Waals surface area contributed by atoms with Crippen molar-refractivity contribution in [2.45, 2.75) is 13.5 Å². The smallest absolute Gasteiger partial charge is 0.253 e. The van der Waals surface area contributed by atoms with Crippen LogP contribution in [0.5, 0.6) is 0 Å². The van der Waals surface area contributed by atoms with Gasteiger partial charge < -0.3 is 5.32 Å². The molecule has 2 aromatic rings. The third-order valence-electron chi connectivity index (χ3n) is 3.04. The summed E-state index contributed by atoms with van der Waals surface area (Å²) in [5, 5.41) is 2.79. The van der Waals surface area contributed by atoms with Crippen molar-refractivity contribution in [1.29, 1.82) is 0 Å². The average molecular weight is 224 g/mol. The molecule has 1 amide bonds. The van der Waals surface area contributed by atoms with Crippen molar-refractivity contribution >= 4 is 5.91 Å². The molecule has 0 radical (unpaired) electrons. The van der Waals surface area contributed by atoms with Crippen molar-refractivity contribution in [1.82, 2.24) is 10.3 Å². The minimum Gasteiger partial charge on any atom is -0.346 e. The van der Waals surface area contributed by atoms with Gasteiger partial charge in [-0.15, -0.1) is 0 Å². The molecular formula is C14H12N2O. The van der Waals surface area contributed by atoms with Crippen molar-refractivity contribution in [3.8, 4) is 11.1 Å². The van der Waals surface area contributed by atoms with E-state index in [1.54, 1.807) is 0 Å². The van der Waals surface area contributed by atoms with Gasteiger partial charge in [0, 0.05) is 11.3 Å². The zero-order chi connectivity index (χ0) is 11.8. The highest BCUT2D eigenvalue weighted by molar-refractivity contribution is 5.99. The molecule has 0 spiro atoms. The Kier molecular flexibility index (Phi) is 2.18. The predicted octanol–water partition coefficient (Wildman–Crippen LogP) is 2.30. The first-order chi connectivity index (χ1) is 8.25. The molecule has 3 rings (SSSR count). The molecule has 0 aliphatic carbocycles. The van der Waals surface area contributed by atoms with Crippen LogP contribution in [0, 0.1) is 6.92 Å². The molecule has 1 aliphatic heterocycles. The van der Waals surface area contributed by atoms with Crippen LogP contribution >= 0.6 is 0 Å². The van der Waals surface area contributed by atoms with E-state index in [0.717, 1.165) is 22.5 Å². The summed E-state index contributed by atoms with van der Waals surface area (Å²) in [5.41, 5.74) is 4.65. The van der Waals surface area contributed by atoms with E-state index >= 15 is 0 Å². The molecule has 3 nitrogen and oxygen atoms in total. The molecule has 84 valence electrons. The van der Waals surface area contributed by atoms with E-state index in [2.05, 4.69) is 10.3 Å². The fourth-order valence-electron chi connectivity index (χ4n) is 2.16. The van der Waals surface area contributed by atoms with Gasteiger partial charge in [-0.25, -0.2) is 0 Å². The second-order valence-corrected chi connectivity index (χ2v) is 4.16. The van der Waals surface area contributed by atoms with E-state index in [1.165, 1.54) is 0 Å². The number of pyridine rings is 1. The fourth-order valence-corrected chi connectivity index (χ4v) is 2.16. The van der Waals surface area contributed by atoms with Crippen LogP contribution in [0.15, 0.2) is 36.4 Å². The van der Waals surface area contributed by atoms with Crippen molar-refractivity contribution in [3.63, 3.8) is 0 Å². The van der Waals surface area contributed by atoms with Crippen LogP contribution in [0.2, 0.25) is 0 Å². The first-order valence-corrected chi connectivity index (χ1v) is 5.60. The topological polar surface area (TPSA) is 42.0 Å². The van der Waals surface area contributed by atoms with Crippen molar-refractivity contribution in [3.05, 3.63) is 53.3 Å².